The molecule has 22 heavy (non-hydrogen) atoms. The van der Waals surface area contributed by atoms with E-state index in [0.29, 0.717) is 24.6 Å². The number of hydrazine groups is 1. The zero-order valence-corrected chi connectivity index (χ0v) is 12.1. The van der Waals surface area contributed by atoms with Gasteiger partial charge in [0.05, 0.1) is 12.7 Å². The summed E-state index contributed by atoms with van der Waals surface area (Å²) in [5.74, 6) is -2.88. The van der Waals surface area contributed by atoms with Gasteiger partial charge in [0.1, 0.15) is 5.70 Å². The van der Waals surface area contributed by atoms with Crippen LogP contribution in [0.25, 0.3) is 0 Å². The zero-order chi connectivity index (χ0) is 16.5. The van der Waals surface area contributed by atoms with E-state index < -0.39 is 23.5 Å². The average Bonchev–Trinajstić information content (AvgIpc) is 2.52. The van der Waals surface area contributed by atoms with Gasteiger partial charge in [-0.3, -0.25) is 15.0 Å². The van der Waals surface area contributed by atoms with Crippen molar-refractivity contribution in [2.24, 2.45) is 0 Å². The maximum atomic E-state index is 11.7. The molecule has 0 radical (unpaired) electrons. The van der Waals surface area contributed by atoms with E-state index in [0.717, 1.165) is 12.6 Å². The first-order valence-electron chi connectivity index (χ1n) is 6.64. The van der Waals surface area contributed by atoms with Gasteiger partial charge in [-0.1, -0.05) is 19.2 Å². The number of carbonyl (C=O) groups excluding carboxylic acids is 2. The predicted molar refractivity (Wildman–Crippen MR) is 78.3 cm³/mol. The fraction of sp³-hybridized carbons (Fsp3) is 0.357. The summed E-state index contributed by atoms with van der Waals surface area (Å²) in [6, 6.07) is 0. The van der Waals surface area contributed by atoms with E-state index in [1.165, 1.54) is 6.08 Å². The number of carboxylic acid groups (broad SMARTS) is 1. The largest absolute Gasteiger partial charge is 0.477 e. The Labute approximate surface area is 128 Å². The molecular formula is C14H19N3O5. The number of morpholine rings is 1. The maximum Gasteiger partial charge on any atom is 0.353 e. The molecule has 1 aliphatic heterocycles. The summed E-state index contributed by atoms with van der Waals surface area (Å²) in [4.78, 5) is 34.1. The maximum absolute atomic E-state index is 11.7. The highest BCUT2D eigenvalue weighted by Gasteiger charge is 2.21. The molecule has 1 heterocycles. The number of amides is 2. The quantitative estimate of drug-likeness (QED) is 0.454. The molecule has 1 unspecified atom stereocenters. The smallest absolute Gasteiger partial charge is 0.353 e. The minimum Gasteiger partial charge on any atom is -0.477 e. The molecule has 0 bridgehead atoms. The van der Waals surface area contributed by atoms with Crippen LogP contribution in [0, 0.1) is 0 Å². The standard InChI is InChI=1S/C14H19N3O5/c1-3-13(19)17(10(2)14(20)21)16-12(18)6-4-5-11-9-15-7-8-22-11/h3-4,6,11,15H,1-2,5,7-9H2,(H,16,18)(H,20,21). The van der Waals surface area contributed by atoms with Gasteiger partial charge in [0, 0.05) is 19.2 Å². The lowest BCUT2D eigenvalue weighted by Crippen LogP contribution is -2.45. The van der Waals surface area contributed by atoms with Gasteiger partial charge in [-0.05, 0) is 12.5 Å². The second-order valence-electron chi connectivity index (χ2n) is 4.44. The number of nitrogens with one attached hydrogen (secondary N) is 2. The van der Waals surface area contributed by atoms with E-state index in [4.69, 9.17) is 9.84 Å². The Morgan fingerprint density at radius 1 is 1.45 bits per heavy atom. The van der Waals surface area contributed by atoms with E-state index in [1.54, 1.807) is 6.08 Å². The Bertz CT molecular complexity index is 495. The molecule has 2 amide bonds. The number of hydrogen-bond acceptors (Lipinski definition) is 5. The average molecular weight is 309 g/mol. The van der Waals surface area contributed by atoms with Crippen molar-refractivity contribution >= 4 is 17.8 Å². The summed E-state index contributed by atoms with van der Waals surface area (Å²) in [6.07, 6.45) is 4.18. The molecule has 1 rings (SSSR count). The summed E-state index contributed by atoms with van der Waals surface area (Å²) in [7, 11) is 0. The van der Waals surface area contributed by atoms with Gasteiger partial charge >= 0.3 is 5.97 Å². The van der Waals surface area contributed by atoms with Crippen molar-refractivity contribution in [2.45, 2.75) is 12.5 Å². The van der Waals surface area contributed by atoms with Gasteiger partial charge in [0.2, 0.25) is 0 Å². The molecule has 0 aliphatic carbocycles. The van der Waals surface area contributed by atoms with Gasteiger partial charge < -0.3 is 15.2 Å². The zero-order valence-electron chi connectivity index (χ0n) is 12.1. The Morgan fingerprint density at radius 3 is 2.73 bits per heavy atom. The Morgan fingerprint density at radius 2 is 2.18 bits per heavy atom. The van der Waals surface area contributed by atoms with Crippen LogP contribution in [0.1, 0.15) is 6.42 Å². The van der Waals surface area contributed by atoms with Crippen LogP contribution < -0.4 is 10.7 Å². The van der Waals surface area contributed by atoms with Crippen LogP contribution in [-0.4, -0.2) is 53.7 Å². The first-order chi connectivity index (χ1) is 10.5. The summed E-state index contributed by atoms with van der Waals surface area (Å²) in [5.41, 5.74) is 1.56. The van der Waals surface area contributed by atoms with Gasteiger partial charge in [-0.15, -0.1) is 0 Å². The lowest BCUT2D eigenvalue weighted by molar-refractivity contribution is -0.141. The van der Waals surface area contributed by atoms with Gasteiger partial charge in [0.15, 0.2) is 0 Å². The molecule has 1 fully saturated rings. The van der Waals surface area contributed by atoms with Gasteiger partial charge in [0.25, 0.3) is 11.8 Å². The van der Waals surface area contributed by atoms with Crippen LogP contribution in [0.5, 0.6) is 0 Å². The molecule has 0 aromatic heterocycles. The highest BCUT2D eigenvalue weighted by molar-refractivity contribution is 5.98. The Balaban J connectivity index is 2.55. The van der Waals surface area contributed by atoms with Crippen molar-refractivity contribution in [2.75, 3.05) is 19.7 Å². The summed E-state index contributed by atoms with van der Waals surface area (Å²) in [6.45, 7) is 8.57. The highest BCUT2D eigenvalue weighted by atomic mass is 16.5. The van der Waals surface area contributed by atoms with Crippen molar-refractivity contribution in [3.8, 4) is 0 Å². The first kappa shape index (κ1) is 17.6. The SMILES string of the molecule is C=CC(=O)N(NC(=O)C=CCC1CNCCO1)C(=C)C(=O)O. The van der Waals surface area contributed by atoms with Crippen LogP contribution in [0.2, 0.25) is 0 Å². The summed E-state index contributed by atoms with van der Waals surface area (Å²) in [5, 5.41) is 12.5. The van der Waals surface area contributed by atoms with Crippen LogP contribution in [0.15, 0.2) is 37.1 Å². The molecule has 0 spiro atoms. The van der Waals surface area contributed by atoms with E-state index in [9.17, 15) is 14.4 Å². The van der Waals surface area contributed by atoms with E-state index in [1.807, 2.05) is 0 Å². The van der Waals surface area contributed by atoms with Crippen molar-refractivity contribution in [1.82, 2.24) is 15.8 Å². The van der Waals surface area contributed by atoms with Crippen molar-refractivity contribution in [3.05, 3.63) is 37.1 Å². The monoisotopic (exact) mass is 309 g/mol. The molecule has 1 aliphatic rings. The van der Waals surface area contributed by atoms with Crippen molar-refractivity contribution in [1.29, 1.82) is 0 Å². The fourth-order valence-electron chi connectivity index (χ4n) is 1.69. The van der Waals surface area contributed by atoms with Crippen LogP contribution in [-0.2, 0) is 19.1 Å². The third kappa shape index (κ3) is 5.51. The lowest BCUT2D eigenvalue weighted by Gasteiger charge is -2.22. The van der Waals surface area contributed by atoms with Crippen molar-refractivity contribution in [3.63, 3.8) is 0 Å². The molecule has 3 N–H and O–H groups in total. The number of rotatable bonds is 6. The molecule has 1 saturated heterocycles. The molecular weight excluding hydrogens is 290 g/mol. The Hall–Kier alpha value is -2.45. The minimum absolute atomic E-state index is 0.0160. The lowest BCUT2D eigenvalue weighted by atomic mass is 10.2. The van der Waals surface area contributed by atoms with Gasteiger partial charge in [-0.2, -0.15) is 0 Å². The molecule has 8 heteroatoms. The van der Waals surface area contributed by atoms with E-state index in [-0.39, 0.29) is 6.10 Å². The van der Waals surface area contributed by atoms with Crippen LogP contribution in [0.3, 0.4) is 0 Å². The molecule has 0 saturated carbocycles. The van der Waals surface area contributed by atoms with E-state index >= 15 is 0 Å². The van der Waals surface area contributed by atoms with Crippen molar-refractivity contribution < 1.29 is 24.2 Å². The molecule has 8 nitrogen and oxygen atoms in total. The van der Waals surface area contributed by atoms with E-state index in [2.05, 4.69) is 23.9 Å². The second-order valence-corrected chi connectivity index (χ2v) is 4.44. The van der Waals surface area contributed by atoms with Crippen LogP contribution in [0.4, 0.5) is 0 Å². The van der Waals surface area contributed by atoms with Gasteiger partial charge in [-0.25, -0.2) is 9.80 Å². The topological polar surface area (TPSA) is 108 Å². The number of nitrogens with zero attached hydrogens (tertiary/aromatic N) is 1. The molecule has 0 aromatic carbocycles. The normalized spacial score (nSPS) is 17.7. The summed E-state index contributed by atoms with van der Waals surface area (Å²) < 4.78 is 5.45. The first-order valence-corrected chi connectivity index (χ1v) is 6.64. The number of aliphatic carboxylic acids is 1. The fourth-order valence-corrected chi connectivity index (χ4v) is 1.69. The molecule has 0 aromatic rings. The second kappa shape index (κ2) is 8.75. The number of ether oxygens (including phenoxy) is 1. The third-order valence-electron chi connectivity index (χ3n) is 2.81. The molecule has 1 atom stereocenters. The number of carboxylic acids is 1. The highest BCUT2D eigenvalue weighted by Crippen LogP contribution is 2.03. The minimum atomic E-state index is -1.43. The third-order valence-corrected chi connectivity index (χ3v) is 2.81. The summed E-state index contributed by atoms with van der Waals surface area (Å²) >= 11 is 0. The molecule has 120 valence electrons. The number of carbonyl (C=O) groups is 3. The number of hydrogen-bond donors (Lipinski definition) is 3. The Kier molecular flexibility index (Phi) is 7.00. The predicted octanol–water partition coefficient (Wildman–Crippen LogP) is -0.435. The van der Waals surface area contributed by atoms with Crippen LogP contribution >= 0.6 is 0 Å².